The Labute approximate surface area is 143 Å². The number of aliphatic hydroxyl groups excluding tert-OH is 2. The van der Waals surface area contributed by atoms with Crippen LogP contribution in [0.25, 0.3) is 0 Å². The predicted octanol–water partition coefficient (Wildman–Crippen LogP) is -0.622. The Bertz CT molecular complexity index is 683. The summed E-state index contributed by atoms with van der Waals surface area (Å²) in [7, 11) is -4.30. The van der Waals surface area contributed by atoms with E-state index in [1.165, 1.54) is 12.3 Å². The van der Waals surface area contributed by atoms with E-state index in [1.807, 2.05) is 6.92 Å². The molecule has 1 aromatic rings. The number of hydrogen-bond donors (Lipinski definition) is 4. The molecule has 142 valence electrons. The van der Waals surface area contributed by atoms with Crippen molar-refractivity contribution in [3.63, 3.8) is 0 Å². The van der Waals surface area contributed by atoms with Gasteiger partial charge in [0.15, 0.2) is 6.23 Å². The molecule has 2 heterocycles. The summed E-state index contributed by atoms with van der Waals surface area (Å²) in [5.41, 5.74) is 4.62. The lowest BCUT2D eigenvalue weighted by Crippen LogP contribution is -2.36. The van der Waals surface area contributed by atoms with Crippen LogP contribution in [0, 0.1) is 0 Å². The first-order valence-electron chi connectivity index (χ1n) is 7.73. The van der Waals surface area contributed by atoms with Gasteiger partial charge in [-0.15, -0.1) is 0 Å². The van der Waals surface area contributed by atoms with E-state index in [0.717, 1.165) is 11.0 Å². The maximum atomic E-state index is 11.8. The number of hydrogen-bond acceptors (Lipinski definition) is 9. The van der Waals surface area contributed by atoms with Crippen LogP contribution in [0.1, 0.15) is 26.0 Å². The van der Waals surface area contributed by atoms with Crippen molar-refractivity contribution in [1.29, 1.82) is 0 Å². The Balaban J connectivity index is 2.00. The second-order valence-electron chi connectivity index (χ2n) is 5.54. The van der Waals surface area contributed by atoms with E-state index in [1.54, 1.807) is 0 Å². The fourth-order valence-corrected chi connectivity index (χ4v) is 3.02. The van der Waals surface area contributed by atoms with Crippen molar-refractivity contribution in [2.45, 2.75) is 44.3 Å². The molecule has 0 aromatic carbocycles. The van der Waals surface area contributed by atoms with Gasteiger partial charge >= 0.3 is 13.5 Å². The van der Waals surface area contributed by atoms with E-state index in [0.29, 0.717) is 6.42 Å². The van der Waals surface area contributed by atoms with Crippen LogP contribution in [0.3, 0.4) is 0 Å². The second kappa shape index (κ2) is 8.37. The lowest BCUT2D eigenvalue weighted by atomic mass is 10.1. The third-order valence-corrected chi connectivity index (χ3v) is 4.60. The molecule has 0 spiro atoms. The molecule has 25 heavy (non-hydrogen) atoms. The molecule has 11 nitrogen and oxygen atoms in total. The molecule has 1 fully saturated rings. The number of aliphatic hydroxyl groups is 2. The topological polar surface area (TPSA) is 166 Å². The van der Waals surface area contributed by atoms with Gasteiger partial charge in [0.2, 0.25) is 0 Å². The van der Waals surface area contributed by atoms with Gasteiger partial charge in [0, 0.05) is 6.20 Å². The molecule has 0 radical (unpaired) electrons. The number of phosphoric acid groups is 1. The number of rotatable bonds is 8. The molecule has 1 saturated heterocycles. The molecule has 0 saturated carbocycles. The number of nitrogens with zero attached hydrogens (tertiary/aromatic N) is 2. The first-order valence-corrected chi connectivity index (χ1v) is 9.23. The van der Waals surface area contributed by atoms with Crippen molar-refractivity contribution in [3.05, 3.63) is 22.7 Å². The third kappa shape index (κ3) is 5.08. The van der Waals surface area contributed by atoms with Gasteiger partial charge in [0.25, 0.3) is 0 Å². The van der Waals surface area contributed by atoms with E-state index < -0.39 is 44.7 Å². The molecule has 2 rings (SSSR count). The fraction of sp³-hybridized carbons (Fsp3) is 0.692. The van der Waals surface area contributed by atoms with Crippen LogP contribution in [0.15, 0.2) is 17.1 Å². The fourth-order valence-electron chi connectivity index (χ4n) is 2.25. The molecule has 0 aliphatic carbocycles. The van der Waals surface area contributed by atoms with Gasteiger partial charge in [-0.3, -0.25) is 13.6 Å². The number of nitrogens with two attached hydrogens (primary N) is 1. The van der Waals surface area contributed by atoms with Gasteiger partial charge in [-0.2, -0.15) is 4.98 Å². The number of ether oxygens (including phenoxy) is 1. The first kappa shape index (κ1) is 20.0. The lowest BCUT2D eigenvalue weighted by Gasteiger charge is -2.17. The van der Waals surface area contributed by atoms with Crippen molar-refractivity contribution in [3.8, 4) is 0 Å². The minimum atomic E-state index is -4.30. The van der Waals surface area contributed by atoms with Crippen LogP contribution in [-0.2, 0) is 18.3 Å². The van der Waals surface area contributed by atoms with Gasteiger partial charge in [-0.1, -0.05) is 13.3 Å². The van der Waals surface area contributed by atoms with E-state index in [2.05, 4.69) is 4.98 Å². The normalized spacial score (nSPS) is 28.8. The van der Waals surface area contributed by atoms with Gasteiger partial charge in [-0.25, -0.2) is 9.36 Å². The number of nitrogen functional groups attached to an aromatic ring is 1. The van der Waals surface area contributed by atoms with Gasteiger partial charge in [0.05, 0.1) is 13.2 Å². The Morgan fingerprint density at radius 3 is 2.76 bits per heavy atom. The van der Waals surface area contributed by atoms with E-state index >= 15 is 0 Å². The first-order chi connectivity index (χ1) is 11.7. The summed E-state index contributed by atoms with van der Waals surface area (Å²) < 4.78 is 27.6. The molecule has 12 heteroatoms. The van der Waals surface area contributed by atoms with Crippen molar-refractivity contribution < 1.29 is 33.5 Å². The summed E-state index contributed by atoms with van der Waals surface area (Å²) in [5.74, 6) is -0.000356. The van der Waals surface area contributed by atoms with Crippen molar-refractivity contribution in [2.24, 2.45) is 0 Å². The average molecular weight is 379 g/mol. The van der Waals surface area contributed by atoms with Crippen LogP contribution in [0.5, 0.6) is 0 Å². The Hall–Kier alpha value is -1.33. The minimum absolute atomic E-state index is 0.000356. The molecule has 1 unspecified atom stereocenters. The molecule has 1 aliphatic heterocycles. The summed E-state index contributed by atoms with van der Waals surface area (Å²) in [6, 6.07) is 1.33. The van der Waals surface area contributed by atoms with Crippen LogP contribution >= 0.6 is 7.82 Å². The highest BCUT2D eigenvalue weighted by Gasteiger charge is 2.45. The van der Waals surface area contributed by atoms with Crippen LogP contribution in [-0.4, -0.2) is 56.2 Å². The Kier molecular flexibility index (Phi) is 6.69. The smallest absolute Gasteiger partial charge is 0.387 e. The molecule has 1 aliphatic rings. The highest BCUT2D eigenvalue weighted by atomic mass is 31.2. The average Bonchev–Trinajstić information content (AvgIpc) is 2.81. The van der Waals surface area contributed by atoms with Crippen LogP contribution in [0.2, 0.25) is 0 Å². The van der Waals surface area contributed by atoms with Gasteiger partial charge < -0.3 is 25.6 Å². The van der Waals surface area contributed by atoms with Crippen LogP contribution < -0.4 is 11.4 Å². The van der Waals surface area contributed by atoms with Crippen molar-refractivity contribution in [1.82, 2.24) is 9.55 Å². The molecular formula is C13H22N3O8P. The molecule has 1 aromatic heterocycles. The largest absolute Gasteiger partial charge is 0.472 e. The highest BCUT2D eigenvalue weighted by molar-refractivity contribution is 7.47. The summed E-state index contributed by atoms with van der Waals surface area (Å²) in [5, 5.41) is 20.1. The molecule has 0 amide bonds. The number of anilines is 1. The maximum absolute atomic E-state index is 11.8. The summed E-state index contributed by atoms with van der Waals surface area (Å²) in [6.07, 6.45) is -2.64. The third-order valence-electron chi connectivity index (χ3n) is 3.62. The summed E-state index contributed by atoms with van der Waals surface area (Å²) in [6.45, 7) is 1.44. The predicted molar refractivity (Wildman–Crippen MR) is 85.5 cm³/mol. The summed E-state index contributed by atoms with van der Waals surface area (Å²) >= 11 is 0. The maximum Gasteiger partial charge on any atom is 0.472 e. The second-order valence-corrected chi connectivity index (χ2v) is 6.99. The quantitative estimate of drug-likeness (QED) is 0.337. The number of phosphoric ester groups is 1. The summed E-state index contributed by atoms with van der Waals surface area (Å²) in [4.78, 5) is 24.9. The van der Waals surface area contributed by atoms with Crippen molar-refractivity contribution >= 4 is 13.6 Å². The SMILES string of the molecule is CCCCOP(=O)(O)OC[C@H]1O[C@@H](n2ccc(N)nc2=O)[C@@H](O)[C@@H]1O. The Morgan fingerprint density at radius 1 is 1.40 bits per heavy atom. The lowest BCUT2D eigenvalue weighted by molar-refractivity contribution is -0.0551. The zero-order valence-corrected chi connectivity index (χ0v) is 14.5. The molecule has 0 bridgehead atoms. The minimum Gasteiger partial charge on any atom is -0.387 e. The van der Waals surface area contributed by atoms with E-state index in [-0.39, 0.29) is 12.4 Å². The van der Waals surface area contributed by atoms with E-state index in [4.69, 9.17) is 19.5 Å². The van der Waals surface area contributed by atoms with Crippen LogP contribution in [0.4, 0.5) is 5.82 Å². The highest BCUT2D eigenvalue weighted by Crippen LogP contribution is 2.44. The zero-order valence-electron chi connectivity index (χ0n) is 13.6. The van der Waals surface area contributed by atoms with Gasteiger partial charge in [-0.05, 0) is 12.5 Å². The monoisotopic (exact) mass is 379 g/mol. The molecule has 5 atom stereocenters. The molecular weight excluding hydrogens is 357 g/mol. The standard InChI is InChI=1S/C13H22N3O8P/c1-2-3-6-22-25(20,21)23-7-8-10(17)11(18)12(24-8)16-5-4-9(14)15-13(16)19/h4-5,8,10-12,17-18H,2-3,6-7H2,1H3,(H,20,21)(H2,14,15,19)/t8-,10-,11+,12-/m1/s1. The van der Waals surface area contributed by atoms with Crippen molar-refractivity contribution in [2.75, 3.05) is 18.9 Å². The molecule has 5 N–H and O–H groups in total. The Morgan fingerprint density at radius 2 is 2.12 bits per heavy atom. The van der Waals surface area contributed by atoms with E-state index in [9.17, 15) is 24.5 Å². The number of aromatic nitrogens is 2. The number of unbranched alkanes of at least 4 members (excludes halogenated alkanes) is 1. The zero-order chi connectivity index (χ0) is 18.6. The van der Waals surface area contributed by atoms with Gasteiger partial charge in [0.1, 0.15) is 24.1 Å².